The molecule has 0 radical (unpaired) electrons. The van der Waals surface area contributed by atoms with Gasteiger partial charge in [-0.15, -0.1) is 0 Å². The number of hydrogen-bond acceptors (Lipinski definition) is 5. The Morgan fingerprint density at radius 2 is 1.70 bits per heavy atom. The van der Waals surface area contributed by atoms with Gasteiger partial charge in [-0.3, -0.25) is 0 Å². The molecule has 2 aromatic carbocycles. The molecule has 23 heavy (non-hydrogen) atoms. The Balaban J connectivity index is 2.58. The summed E-state index contributed by atoms with van der Waals surface area (Å²) < 4.78 is 15.8. The molecule has 120 valence electrons. The summed E-state index contributed by atoms with van der Waals surface area (Å²) in [6.07, 6.45) is 0. The summed E-state index contributed by atoms with van der Waals surface area (Å²) in [6.45, 7) is 5.11. The highest BCUT2D eigenvalue weighted by atomic mass is 16.5. The van der Waals surface area contributed by atoms with Gasteiger partial charge in [-0.05, 0) is 36.8 Å². The normalized spacial score (nSPS) is 10.0. The summed E-state index contributed by atoms with van der Waals surface area (Å²) in [6, 6.07) is 9.85. The molecule has 2 aromatic rings. The molecule has 5 heteroatoms. The van der Waals surface area contributed by atoms with Gasteiger partial charge in [-0.1, -0.05) is 12.6 Å². The van der Waals surface area contributed by atoms with E-state index in [0.29, 0.717) is 22.6 Å². The second-order valence-corrected chi connectivity index (χ2v) is 4.92. The molecule has 2 rings (SSSR count). The molecular weight excluding hydrogens is 296 g/mol. The summed E-state index contributed by atoms with van der Waals surface area (Å²) in [5, 5.41) is 10.2. The molecule has 0 amide bonds. The zero-order valence-electron chi connectivity index (χ0n) is 13.3. The lowest BCUT2D eigenvalue weighted by atomic mass is 10.0. The predicted molar refractivity (Wildman–Crippen MR) is 87.1 cm³/mol. The van der Waals surface area contributed by atoms with E-state index in [-0.39, 0.29) is 17.1 Å². The van der Waals surface area contributed by atoms with Crippen molar-refractivity contribution in [2.75, 3.05) is 14.2 Å². The molecule has 0 aliphatic rings. The van der Waals surface area contributed by atoms with Crippen LogP contribution in [0.2, 0.25) is 0 Å². The zero-order valence-corrected chi connectivity index (χ0v) is 13.3. The molecule has 0 saturated heterocycles. The van der Waals surface area contributed by atoms with Crippen molar-refractivity contribution < 1.29 is 24.1 Å². The lowest BCUT2D eigenvalue weighted by Crippen LogP contribution is -2.09. The smallest absolute Gasteiger partial charge is 0.338 e. The van der Waals surface area contributed by atoms with Gasteiger partial charge in [0.2, 0.25) is 0 Å². The number of rotatable bonds is 5. The lowest BCUT2D eigenvalue weighted by Gasteiger charge is -2.14. The first-order valence-electron chi connectivity index (χ1n) is 6.89. The molecule has 0 fully saturated rings. The maximum atomic E-state index is 11.8. The molecule has 5 nitrogen and oxygen atoms in total. The van der Waals surface area contributed by atoms with Gasteiger partial charge in [0.1, 0.15) is 23.0 Å². The predicted octanol–water partition coefficient (Wildman–Crippen LogP) is 3.56. The fraction of sp³-hybridized carbons (Fsp3) is 0.167. The van der Waals surface area contributed by atoms with Crippen molar-refractivity contribution in [3.8, 4) is 34.1 Å². The zero-order chi connectivity index (χ0) is 17.0. The maximum absolute atomic E-state index is 11.8. The lowest BCUT2D eigenvalue weighted by molar-refractivity contribution is -0.130. The van der Waals surface area contributed by atoms with Crippen molar-refractivity contribution in [2.24, 2.45) is 0 Å². The maximum Gasteiger partial charge on any atom is 0.338 e. The molecule has 0 atom stereocenters. The van der Waals surface area contributed by atoms with Crippen molar-refractivity contribution in [1.29, 1.82) is 0 Å². The molecule has 0 aliphatic heterocycles. The molecule has 0 aliphatic carbocycles. The molecule has 0 saturated carbocycles. The van der Waals surface area contributed by atoms with Gasteiger partial charge in [0.05, 0.1) is 19.8 Å². The third kappa shape index (κ3) is 3.63. The Hall–Kier alpha value is -2.95. The minimum absolute atomic E-state index is 0.0210. The quantitative estimate of drug-likeness (QED) is 0.519. The second kappa shape index (κ2) is 6.87. The average Bonchev–Trinajstić information content (AvgIpc) is 2.54. The van der Waals surface area contributed by atoms with Crippen molar-refractivity contribution in [3.05, 3.63) is 48.6 Å². The summed E-state index contributed by atoms with van der Waals surface area (Å²) in [5.41, 5.74) is 1.24. The van der Waals surface area contributed by atoms with E-state index in [1.165, 1.54) is 20.3 Å². The molecule has 1 N–H and O–H groups in total. The minimum Gasteiger partial charge on any atom is -0.507 e. The second-order valence-electron chi connectivity index (χ2n) is 4.92. The van der Waals surface area contributed by atoms with Crippen LogP contribution in [0, 0.1) is 0 Å². The number of aromatic hydroxyl groups is 1. The molecule has 0 heterocycles. The average molecular weight is 314 g/mol. The van der Waals surface area contributed by atoms with Gasteiger partial charge in [-0.25, -0.2) is 4.79 Å². The number of hydrogen-bond donors (Lipinski definition) is 1. The van der Waals surface area contributed by atoms with E-state index in [2.05, 4.69) is 6.58 Å². The van der Waals surface area contributed by atoms with Gasteiger partial charge in [0.25, 0.3) is 0 Å². The first-order chi connectivity index (χ1) is 11.0. The number of carbonyl (C=O) groups is 1. The molecular formula is C18H18O5. The first kappa shape index (κ1) is 16.4. The van der Waals surface area contributed by atoms with E-state index in [1.54, 1.807) is 37.3 Å². The van der Waals surface area contributed by atoms with Gasteiger partial charge < -0.3 is 19.3 Å². The van der Waals surface area contributed by atoms with E-state index in [0.717, 1.165) is 0 Å². The fourth-order valence-electron chi connectivity index (χ4n) is 2.03. The molecule has 0 bridgehead atoms. The van der Waals surface area contributed by atoms with E-state index < -0.39 is 5.97 Å². The molecule has 0 spiro atoms. The van der Waals surface area contributed by atoms with Gasteiger partial charge in [-0.2, -0.15) is 0 Å². The fourth-order valence-corrected chi connectivity index (χ4v) is 2.03. The Labute approximate surface area is 134 Å². The SMILES string of the molecule is C=C(C)C(=O)Oc1cccc(O)c1-c1cc(OC)cc(OC)c1. The Morgan fingerprint density at radius 1 is 1.09 bits per heavy atom. The number of ether oxygens (including phenoxy) is 3. The monoisotopic (exact) mass is 314 g/mol. The van der Waals surface area contributed by atoms with Crippen molar-refractivity contribution >= 4 is 5.97 Å². The van der Waals surface area contributed by atoms with Gasteiger partial charge in [0.15, 0.2) is 0 Å². The van der Waals surface area contributed by atoms with Crippen LogP contribution in [0.3, 0.4) is 0 Å². The van der Waals surface area contributed by atoms with Gasteiger partial charge >= 0.3 is 5.97 Å². The number of carbonyl (C=O) groups excluding carboxylic acids is 1. The Kier molecular flexibility index (Phi) is 4.91. The van der Waals surface area contributed by atoms with Crippen LogP contribution in [0.25, 0.3) is 11.1 Å². The molecule has 0 aromatic heterocycles. The number of phenolic OH excluding ortho intramolecular Hbond substituents is 1. The third-order valence-corrected chi connectivity index (χ3v) is 3.20. The van der Waals surface area contributed by atoms with E-state index in [4.69, 9.17) is 14.2 Å². The number of benzene rings is 2. The third-order valence-electron chi connectivity index (χ3n) is 3.20. The summed E-state index contributed by atoms with van der Waals surface area (Å²) in [7, 11) is 3.07. The summed E-state index contributed by atoms with van der Waals surface area (Å²) in [5.74, 6) is 0.756. The standard InChI is InChI=1S/C18H18O5/c1-11(2)18(20)23-16-7-5-6-15(19)17(16)12-8-13(21-3)10-14(9-12)22-4/h5-10,19H,1H2,2-4H3. The number of methoxy groups -OCH3 is 2. The van der Waals surface area contributed by atoms with Crippen LogP contribution in [0.15, 0.2) is 48.6 Å². The van der Waals surface area contributed by atoms with Crippen LogP contribution < -0.4 is 14.2 Å². The number of phenols is 1. The van der Waals surface area contributed by atoms with Crippen molar-refractivity contribution in [2.45, 2.75) is 6.92 Å². The first-order valence-corrected chi connectivity index (χ1v) is 6.89. The number of esters is 1. The Morgan fingerprint density at radius 3 is 2.22 bits per heavy atom. The topological polar surface area (TPSA) is 65.0 Å². The van der Waals surface area contributed by atoms with Crippen molar-refractivity contribution in [3.63, 3.8) is 0 Å². The van der Waals surface area contributed by atoms with Crippen LogP contribution in [-0.4, -0.2) is 25.3 Å². The highest BCUT2D eigenvalue weighted by molar-refractivity contribution is 5.91. The highest BCUT2D eigenvalue weighted by Crippen LogP contribution is 2.41. The largest absolute Gasteiger partial charge is 0.507 e. The van der Waals surface area contributed by atoms with Crippen LogP contribution in [0.5, 0.6) is 23.0 Å². The Bertz CT molecular complexity index is 727. The van der Waals surface area contributed by atoms with E-state index >= 15 is 0 Å². The summed E-state index contributed by atoms with van der Waals surface area (Å²) in [4.78, 5) is 11.8. The minimum atomic E-state index is -0.563. The summed E-state index contributed by atoms with van der Waals surface area (Å²) >= 11 is 0. The molecule has 0 unspecified atom stereocenters. The van der Waals surface area contributed by atoms with E-state index in [1.807, 2.05) is 0 Å². The van der Waals surface area contributed by atoms with Crippen LogP contribution in [0.1, 0.15) is 6.92 Å². The van der Waals surface area contributed by atoms with Crippen LogP contribution >= 0.6 is 0 Å². The highest BCUT2D eigenvalue weighted by Gasteiger charge is 2.17. The van der Waals surface area contributed by atoms with Gasteiger partial charge in [0, 0.05) is 11.6 Å². The van der Waals surface area contributed by atoms with Crippen molar-refractivity contribution in [1.82, 2.24) is 0 Å². The van der Waals surface area contributed by atoms with E-state index in [9.17, 15) is 9.90 Å². The van der Waals surface area contributed by atoms with Crippen LogP contribution in [0.4, 0.5) is 0 Å². The van der Waals surface area contributed by atoms with Crippen LogP contribution in [-0.2, 0) is 4.79 Å².